The van der Waals surface area contributed by atoms with Crippen LogP contribution in [0.1, 0.15) is 27.0 Å². The molecule has 0 fully saturated rings. The van der Waals surface area contributed by atoms with E-state index in [1.165, 1.54) is 24.4 Å². The van der Waals surface area contributed by atoms with Crippen molar-refractivity contribution in [3.63, 3.8) is 0 Å². The van der Waals surface area contributed by atoms with E-state index in [4.69, 9.17) is 4.84 Å². The molecule has 0 spiro atoms. The van der Waals surface area contributed by atoms with E-state index in [9.17, 15) is 14.0 Å². The van der Waals surface area contributed by atoms with Crippen LogP contribution in [0.5, 0.6) is 0 Å². The molecule has 0 aliphatic rings. The zero-order chi connectivity index (χ0) is 19.4. The Kier molecular flexibility index (Phi) is 5.35. The second kappa shape index (κ2) is 7.86. The number of carbonyl (C=O) groups is 1. The van der Waals surface area contributed by atoms with Crippen LogP contribution in [0.15, 0.2) is 65.6 Å². The Labute approximate surface area is 156 Å². The number of aromatic nitrogens is 1. The van der Waals surface area contributed by atoms with E-state index in [1.54, 1.807) is 18.2 Å². The number of halogens is 1. The van der Waals surface area contributed by atoms with Crippen LogP contribution < -0.4 is 15.7 Å². The van der Waals surface area contributed by atoms with Crippen LogP contribution in [0.2, 0.25) is 0 Å². The number of pyridine rings is 1. The van der Waals surface area contributed by atoms with Gasteiger partial charge in [-0.05, 0) is 43.2 Å². The molecular weight excluding hydrogens is 347 g/mol. The topological polar surface area (TPSA) is 60.3 Å². The highest BCUT2D eigenvalue weighted by Crippen LogP contribution is 2.19. The summed E-state index contributed by atoms with van der Waals surface area (Å²) in [4.78, 5) is 30.5. The Morgan fingerprint density at radius 2 is 1.74 bits per heavy atom. The Balaban J connectivity index is 1.81. The number of aryl methyl sites for hydroxylation is 2. The average Bonchev–Trinajstić information content (AvgIpc) is 2.65. The van der Waals surface area contributed by atoms with Gasteiger partial charge in [0.15, 0.2) is 0 Å². The van der Waals surface area contributed by atoms with E-state index in [0.717, 1.165) is 15.9 Å². The average molecular weight is 366 g/mol. The first kappa shape index (κ1) is 18.4. The molecule has 0 radical (unpaired) electrons. The Bertz CT molecular complexity index is 1020. The van der Waals surface area contributed by atoms with E-state index >= 15 is 0 Å². The van der Waals surface area contributed by atoms with Crippen LogP contribution in [0.4, 0.5) is 10.1 Å². The van der Waals surface area contributed by atoms with Crippen molar-refractivity contribution in [1.82, 2.24) is 4.73 Å². The van der Waals surface area contributed by atoms with Crippen LogP contribution in [0.3, 0.4) is 0 Å². The first-order valence-electron chi connectivity index (χ1n) is 8.43. The number of hydrogen-bond donors (Lipinski definition) is 1. The Morgan fingerprint density at radius 3 is 2.44 bits per heavy atom. The first-order chi connectivity index (χ1) is 13.0. The number of nitrogens with one attached hydrogen (secondary N) is 1. The van der Waals surface area contributed by atoms with Gasteiger partial charge in [0.25, 0.3) is 11.5 Å². The van der Waals surface area contributed by atoms with Gasteiger partial charge in [-0.3, -0.25) is 9.59 Å². The van der Waals surface area contributed by atoms with Crippen LogP contribution in [-0.4, -0.2) is 10.6 Å². The molecule has 0 aliphatic carbocycles. The minimum Gasteiger partial charge on any atom is -0.406 e. The largest absolute Gasteiger partial charge is 0.406 e. The van der Waals surface area contributed by atoms with Gasteiger partial charge >= 0.3 is 0 Å². The number of nitrogens with zero attached hydrogens (tertiary/aromatic N) is 1. The second-order valence-electron chi connectivity index (χ2n) is 6.14. The van der Waals surface area contributed by atoms with E-state index in [2.05, 4.69) is 5.32 Å². The summed E-state index contributed by atoms with van der Waals surface area (Å²) in [6.07, 6.45) is 1.39. The molecule has 0 atom stereocenters. The third-order valence-corrected chi connectivity index (χ3v) is 4.20. The number of rotatable bonds is 5. The third-order valence-electron chi connectivity index (χ3n) is 4.20. The molecule has 1 amide bonds. The lowest BCUT2D eigenvalue weighted by molar-refractivity contribution is 0.0847. The van der Waals surface area contributed by atoms with Crippen molar-refractivity contribution in [3.05, 3.63) is 99.2 Å². The Hall–Kier alpha value is -3.41. The highest BCUT2D eigenvalue weighted by Gasteiger charge is 2.15. The number of benzene rings is 2. The molecule has 0 saturated carbocycles. The molecule has 0 aliphatic heterocycles. The van der Waals surface area contributed by atoms with Crippen molar-refractivity contribution in [2.24, 2.45) is 0 Å². The molecule has 27 heavy (non-hydrogen) atoms. The SMILES string of the molecule is Cc1cccc(C)c1NC(=O)c1cccn(OCc2ccccc2F)c1=O. The first-order valence-corrected chi connectivity index (χ1v) is 8.43. The molecule has 0 bridgehead atoms. The van der Waals surface area contributed by atoms with Gasteiger partial charge in [-0.25, -0.2) is 4.39 Å². The normalized spacial score (nSPS) is 10.5. The molecule has 1 N–H and O–H groups in total. The highest BCUT2D eigenvalue weighted by atomic mass is 19.1. The molecule has 1 aromatic heterocycles. The molecule has 6 heteroatoms. The number of hydrogen-bond acceptors (Lipinski definition) is 3. The molecule has 2 aromatic carbocycles. The minimum absolute atomic E-state index is 0.0614. The lowest BCUT2D eigenvalue weighted by Gasteiger charge is -2.13. The van der Waals surface area contributed by atoms with Crippen molar-refractivity contribution >= 4 is 11.6 Å². The van der Waals surface area contributed by atoms with Crippen molar-refractivity contribution in [2.75, 3.05) is 5.32 Å². The molecule has 1 heterocycles. The van der Waals surface area contributed by atoms with Crippen molar-refractivity contribution in [1.29, 1.82) is 0 Å². The fraction of sp³-hybridized carbons (Fsp3) is 0.143. The van der Waals surface area contributed by atoms with Gasteiger partial charge in [0.1, 0.15) is 18.0 Å². The molecule has 0 saturated heterocycles. The van der Waals surface area contributed by atoms with Crippen molar-refractivity contribution < 1.29 is 14.0 Å². The summed E-state index contributed by atoms with van der Waals surface area (Å²) >= 11 is 0. The molecule has 0 unspecified atom stereocenters. The quantitative estimate of drug-likeness (QED) is 0.752. The van der Waals surface area contributed by atoms with Gasteiger partial charge in [0, 0.05) is 17.4 Å². The summed E-state index contributed by atoms with van der Waals surface area (Å²) in [5.41, 5.74) is 2.11. The summed E-state index contributed by atoms with van der Waals surface area (Å²) in [6.45, 7) is 3.63. The smallest absolute Gasteiger partial charge is 0.295 e. The summed E-state index contributed by atoms with van der Waals surface area (Å²) in [5.74, 6) is -0.948. The summed E-state index contributed by atoms with van der Waals surface area (Å²) in [6, 6.07) is 14.7. The Morgan fingerprint density at radius 1 is 1.04 bits per heavy atom. The van der Waals surface area contributed by atoms with Crippen LogP contribution in [0.25, 0.3) is 0 Å². The maximum atomic E-state index is 13.7. The fourth-order valence-corrected chi connectivity index (χ4v) is 2.70. The van der Waals surface area contributed by atoms with Gasteiger partial charge in [-0.2, -0.15) is 4.73 Å². The van der Waals surface area contributed by atoms with Crippen LogP contribution >= 0.6 is 0 Å². The minimum atomic E-state index is -0.613. The summed E-state index contributed by atoms with van der Waals surface area (Å²) in [7, 11) is 0. The van der Waals surface area contributed by atoms with Gasteiger partial charge in [0.05, 0.1) is 0 Å². The maximum Gasteiger partial charge on any atom is 0.295 e. The predicted octanol–water partition coefficient (Wildman–Crippen LogP) is 3.49. The number of amides is 1. The lowest BCUT2D eigenvalue weighted by atomic mass is 10.1. The van der Waals surface area contributed by atoms with Gasteiger partial charge in [0.2, 0.25) is 0 Å². The fourth-order valence-electron chi connectivity index (χ4n) is 2.70. The van der Waals surface area contributed by atoms with Crippen LogP contribution in [0, 0.1) is 19.7 Å². The second-order valence-corrected chi connectivity index (χ2v) is 6.14. The van der Waals surface area contributed by atoms with Crippen molar-refractivity contribution in [2.45, 2.75) is 20.5 Å². The molecule has 3 aromatic rings. The number of para-hydroxylation sites is 1. The van der Waals surface area contributed by atoms with E-state index in [0.29, 0.717) is 11.3 Å². The van der Waals surface area contributed by atoms with E-state index in [1.807, 2.05) is 32.0 Å². The van der Waals surface area contributed by atoms with E-state index in [-0.39, 0.29) is 12.2 Å². The monoisotopic (exact) mass is 366 g/mol. The van der Waals surface area contributed by atoms with Crippen molar-refractivity contribution in [3.8, 4) is 0 Å². The predicted molar refractivity (Wildman–Crippen MR) is 101 cm³/mol. The molecule has 138 valence electrons. The zero-order valence-corrected chi connectivity index (χ0v) is 15.0. The highest BCUT2D eigenvalue weighted by molar-refractivity contribution is 6.04. The van der Waals surface area contributed by atoms with Gasteiger partial charge in [-0.1, -0.05) is 36.4 Å². The van der Waals surface area contributed by atoms with Crippen LogP contribution in [-0.2, 0) is 6.61 Å². The van der Waals surface area contributed by atoms with E-state index < -0.39 is 17.3 Å². The van der Waals surface area contributed by atoms with Gasteiger partial charge < -0.3 is 10.2 Å². The molecule has 5 nitrogen and oxygen atoms in total. The van der Waals surface area contributed by atoms with Gasteiger partial charge in [-0.15, -0.1) is 0 Å². The third kappa shape index (κ3) is 4.06. The number of anilines is 1. The summed E-state index contributed by atoms with van der Waals surface area (Å²) < 4.78 is 14.6. The molecule has 3 rings (SSSR count). The zero-order valence-electron chi connectivity index (χ0n) is 15.0. The number of carbonyl (C=O) groups excluding carboxylic acids is 1. The summed E-state index contributed by atoms with van der Waals surface area (Å²) in [5, 5.41) is 2.78. The molecular formula is C21H19FN2O3. The lowest BCUT2D eigenvalue weighted by Crippen LogP contribution is -2.32. The maximum absolute atomic E-state index is 13.7. The standard InChI is InChI=1S/C21H19FN2O3/c1-14-7-5-8-15(2)19(14)23-20(25)17-10-6-12-24(21(17)26)27-13-16-9-3-4-11-18(16)22/h3-12H,13H2,1-2H3,(H,23,25).